The molecule has 2 N–H and O–H groups in total. The molecule has 16 heavy (non-hydrogen) atoms. The first-order valence-corrected chi connectivity index (χ1v) is 4.76. The quantitative estimate of drug-likeness (QED) is 0.874. The normalized spacial score (nSPS) is 13.6. The minimum Gasteiger partial charge on any atom is -0.494 e. The van der Waals surface area contributed by atoms with Gasteiger partial charge in [-0.05, 0) is 18.1 Å². The smallest absolute Gasteiger partial charge is 0.437 e. The second-order valence-electron chi connectivity index (χ2n) is 3.33. The van der Waals surface area contributed by atoms with Crippen LogP contribution in [0.3, 0.4) is 0 Å². The van der Waals surface area contributed by atoms with Crippen LogP contribution in [0.25, 0.3) is 0 Å². The fourth-order valence-corrected chi connectivity index (χ4v) is 1.27. The van der Waals surface area contributed by atoms with Gasteiger partial charge in [0.05, 0.1) is 7.11 Å². The van der Waals surface area contributed by atoms with Crippen LogP contribution in [0.5, 0.6) is 5.75 Å². The average molecular weight is 234 g/mol. The largest absolute Gasteiger partial charge is 0.494 e. The molecule has 0 aliphatic carbocycles. The first-order chi connectivity index (χ1) is 7.40. The zero-order valence-electron chi connectivity index (χ0n) is 9.01. The molecule has 0 amide bonds. The van der Waals surface area contributed by atoms with Crippen molar-refractivity contribution in [2.45, 2.75) is 25.6 Å². The SMILES string of the molecule is CC[C@@H](N)c1cnc(C(F)(F)F)c(OC)c1. The maximum Gasteiger partial charge on any atom is 0.437 e. The van der Waals surface area contributed by atoms with Gasteiger partial charge in [-0.1, -0.05) is 6.92 Å². The third-order valence-electron chi connectivity index (χ3n) is 2.23. The number of aromatic nitrogens is 1. The Bertz CT molecular complexity index is 366. The average Bonchev–Trinajstić information content (AvgIpc) is 2.25. The van der Waals surface area contributed by atoms with Gasteiger partial charge in [-0.3, -0.25) is 0 Å². The van der Waals surface area contributed by atoms with Gasteiger partial charge in [0.2, 0.25) is 0 Å². The van der Waals surface area contributed by atoms with Crippen molar-refractivity contribution in [1.29, 1.82) is 0 Å². The fraction of sp³-hybridized carbons (Fsp3) is 0.500. The van der Waals surface area contributed by atoms with Crippen LogP contribution in [0.4, 0.5) is 13.2 Å². The van der Waals surface area contributed by atoms with Crippen molar-refractivity contribution in [2.75, 3.05) is 7.11 Å². The summed E-state index contributed by atoms with van der Waals surface area (Å²) in [6, 6.07) is 0.952. The van der Waals surface area contributed by atoms with Crippen LogP contribution in [-0.4, -0.2) is 12.1 Å². The van der Waals surface area contributed by atoms with Crippen molar-refractivity contribution in [3.63, 3.8) is 0 Å². The van der Waals surface area contributed by atoms with E-state index in [1.165, 1.54) is 13.2 Å². The highest BCUT2D eigenvalue weighted by molar-refractivity contribution is 5.34. The first-order valence-electron chi connectivity index (χ1n) is 4.76. The Labute approximate surface area is 91.4 Å². The van der Waals surface area contributed by atoms with Crippen LogP contribution >= 0.6 is 0 Å². The predicted octanol–water partition coefficient (Wildman–Crippen LogP) is 2.52. The van der Waals surface area contributed by atoms with Gasteiger partial charge in [0.15, 0.2) is 5.69 Å². The molecule has 0 fully saturated rings. The van der Waals surface area contributed by atoms with Crippen LogP contribution in [0.1, 0.15) is 30.6 Å². The highest BCUT2D eigenvalue weighted by Gasteiger charge is 2.36. The van der Waals surface area contributed by atoms with E-state index in [2.05, 4.69) is 9.72 Å². The van der Waals surface area contributed by atoms with E-state index in [0.717, 1.165) is 6.20 Å². The van der Waals surface area contributed by atoms with Crippen molar-refractivity contribution in [3.05, 3.63) is 23.5 Å². The molecule has 1 heterocycles. The van der Waals surface area contributed by atoms with E-state index in [9.17, 15) is 13.2 Å². The second kappa shape index (κ2) is 4.69. The molecule has 6 heteroatoms. The highest BCUT2D eigenvalue weighted by Crippen LogP contribution is 2.35. The van der Waals surface area contributed by atoms with Gasteiger partial charge >= 0.3 is 6.18 Å². The minimum atomic E-state index is -4.51. The summed E-state index contributed by atoms with van der Waals surface area (Å²) in [6.45, 7) is 1.84. The van der Waals surface area contributed by atoms with E-state index in [0.29, 0.717) is 12.0 Å². The Morgan fingerprint density at radius 3 is 2.56 bits per heavy atom. The molecule has 0 aliphatic rings. The number of pyridine rings is 1. The van der Waals surface area contributed by atoms with Gasteiger partial charge in [-0.25, -0.2) is 4.98 Å². The van der Waals surface area contributed by atoms with Gasteiger partial charge in [0.1, 0.15) is 5.75 Å². The van der Waals surface area contributed by atoms with Crippen molar-refractivity contribution >= 4 is 0 Å². The zero-order chi connectivity index (χ0) is 12.3. The van der Waals surface area contributed by atoms with Gasteiger partial charge in [0, 0.05) is 12.2 Å². The standard InChI is InChI=1S/C10H13F3N2O/c1-3-7(14)6-4-8(16-2)9(15-5-6)10(11,12)13/h4-5,7H,3,14H2,1-2H3/t7-/m1/s1. The number of nitrogens with two attached hydrogens (primary N) is 1. The molecule has 0 saturated carbocycles. The Balaban J connectivity index is 3.17. The molecule has 1 rings (SSSR count). The van der Waals surface area contributed by atoms with E-state index in [-0.39, 0.29) is 11.8 Å². The zero-order valence-corrected chi connectivity index (χ0v) is 9.01. The van der Waals surface area contributed by atoms with Gasteiger partial charge in [-0.2, -0.15) is 13.2 Å². The molecule has 0 bridgehead atoms. The molecule has 0 unspecified atom stereocenters. The molecule has 1 atom stereocenters. The number of ether oxygens (including phenoxy) is 1. The van der Waals surface area contributed by atoms with Gasteiger partial charge < -0.3 is 10.5 Å². The summed E-state index contributed by atoms with van der Waals surface area (Å²) < 4.78 is 42.1. The van der Waals surface area contributed by atoms with Crippen molar-refractivity contribution < 1.29 is 17.9 Å². The number of nitrogens with zero attached hydrogens (tertiary/aromatic N) is 1. The third-order valence-corrected chi connectivity index (χ3v) is 2.23. The summed E-state index contributed by atoms with van der Waals surface area (Å²) in [6.07, 6.45) is -2.75. The number of methoxy groups -OCH3 is 1. The number of alkyl halides is 3. The summed E-state index contributed by atoms with van der Waals surface area (Å²) in [5.74, 6) is -0.297. The summed E-state index contributed by atoms with van der Waals surface area (Å²) in [5, 5.41) is 0. The lowest BCUT2D eigenvalue weighted by Gasteiger charge is -2.14. The van der Waals surface area contributed by atoms with Crippen molar-refractivity contribution in [1.82, 2.24) is 4.98 Å². The highest BCUT2D eigenvalue weighted by atomic mass is 19.4. The van der Waals surface area contributed by atoms with Crippen LogP contribution < -0.4 is 10.5 Å². The maximum absolute atomic E-state index is 12.5. The Kier molecular flexibility index (Phi) is 3.74. The molecule has 0 saturated heterocycles. The number of rotatable bonds is 3. The summed E-state index contributed by atoms with van der Waals surface area (Å²) >= 11 is 0. The van der Waals surface area contributed by atoms with Crippen LogP contribution in [0.2, 0.25) is 0 Å². The topological polar surface area (TPSA) is 48.1 Å². The van der Waals surface area contributed by atoms with Crippen LogP contribution in [0.15, 0.2) is 12.3 Å². The number of hydrogen-bond donors (Lipinski definition) is 1. The summed E-state index contributed by atoms with van der Waals surface area (Å²) in [7, 11) is 1.17. The van der Waals surface area contributed by atoms with E-state index in [1.54, 1.807) is 0 Å². The minimum absolute atomic E-state index is 0.297. The first kappa shape index (κ1) is 12.8. The monoisotopic (exact) mass is 234 g/mol. The lowest BCUT2D eigenvalue weighted by molar-refractivity contribution is -0.142. The Morgan fingerprint density at radius 2 is 2.12 bits per heavy atom. The second-order valence-corrected chi connectivity index (χ2v) is 3.33. The van der Waals surface area contributed by atoms with E-state index in [4.69, 9.17) is 5.73 Å². The van der Waals surface area contributed by atoms with E-state index < -0.39 is 11.9 Å². The third kappa shape index (κ3) is 2.63. The molecule has 0 aliphatic heterocycles. The molecular weight excluding hydrogens is 221 g/mol. The van der Waals surface area contributed by atoms with Crippen LogP contribution in [-0.2, 0) is 6.18 Å². The molecule has 0 radical (unpaired) electrons. The molecule has 0 spiro atoms. The van der Waals surface area contributed by atoms with Crippen LogP contribution in [0, 0.1) is 0 Å². The lowest BCUT2D eigenvalue weighted by atomic mass is 10.1. The number of halogens is 3. The molecule has 1 aromatic heterocycles. The molecule has 1 aromatic rings. The van der Waals surface area contributed by atoms with Crippen molar-refractivity contribution in [3.8, 4) is 5.75 Å². The van der Waals surface area contributed by atoms with Gasteiger partial charge in [0.25, 0.3) is 0 Å². The van der Waals surface area contributed by atoms with Gasteiger partial charge in [-0.15, -0.1) is 0 Å². The fourth-order valence-electron chi connectivity index (χ4n) is 1.27. The predicted molar refractivity (Wildman–Crippen MR) is 53.0 cm³/mol. The Hall–Kier alpha value is -1.30. The molecule has 3 nitrogen and oxygen atoms in total. The number of hydrogen-bond acceptors (Lipinski definition) is 3. The van der Waals surface area contributed by atoms with Crippen molar-refractivity contribution in [2.24, 2.45) is 5.73 Å². The lowest BCUT2D eigenvalue weighted by Crippen LogP contribution is -2.14. The summed E-state index contributed by atoms with van der Waals surface area (Å²) in [4.78, 5) is 3.36. The van der Waals surface area contributed by atoms with E-state index >= 15 is 0 Å². The maximum atomic E-state index is 12.5. The summed E-state index contributed by atoms with van der Waals surface area (Å²) in [5.41, 5.74) is 5.21. The molecule has 0 aromatic carbocycles. The molecular formula is C10H13F3N2O. The Morgan fingerprint density at radius 1 is 1.50 bits per heavy atom. The van der Waals surface area contributed by atoms with E-state index in [1.807, 2.05) is 6.92 Å². The molecule has 90 valence electrons.